The van der Waals surface area contributed by atoms with E-state index in [1.807, 2.05) is 33.8 Å². The standard InChI is InChI=1S/C20H33ClN2O3/c1-8-20(6,7)22-12-14-10-16(25-9-2)17(11-15(14)21)26-13-18(24)23-19(3,4)5/h10-11,22H,8-9,12-13H2,1-7H3,(H,23,24). The van der Waals surface area contributed by atoms with Crippen molar-refractivity contribution in [2.45, 2.75) is 72.5 Å². The first-order chi connectivity index (χ1) is 12.0. The van der Waals surface area contributed by atoms with Gasteiger partial charge in [-0.15, -0.1) is 0 Å². The van der Waals surface area contributed by atoms with Gasteiger partial charge < -0.3 is 20.1 Å². The maximum atomic E-state index is 12.0. The summed E-state index contributed by atoms with van der Waals surface area (Å²) in [5, 5.41) is 6.93. The Morgan fingerprint density at radius 3 is 2.23 bits per heavy atom. The Hall–Kier alpha value is -1.46. The van der Waals surface area contributed by atoms with Crippen molar-refractivity contribution in [3.63, 3.8) is 0 Å². The van der Waals surface area contributed by atoms with Crippen LogP contribution in [0.5, 0.6) is 11.5 Å². The van der Waals surface area contributed by atoms with Gasteiger partial charge in [0.2, 0.25) is 0 Å². The Balaban J connectivity index is 2.89. The molecule has 0 fully saturated rings. The van der Waals surface area contributed by atoms with E-state index in [2.05, 4.69) is 31.4 Å². The molecule has 1 rings (SSSR count). The molecule has 1 aromatic carbocycles. The average molecular weight is 385 g/mol. The van der Waals surface area contributed by atoms with Gasteiger partial charge in [-0.1, -0.05) is 18.5 Å². The number of halogens is 1. The Morgan fingerprint density at radius 2 is 1.69 bits per heavy atom. The number of carbonyl (C=O) groups is 1. The van der Waals surface area contributed by atoms with Crippen LogP contribution < -0.4 is 20.1 Å². The number of benzene rings is 1. The van der Waals surface area contributed by atoms with Crippen LogP contribution in [0.1, 0.15) is 60.5 Å². The Kier molecular flexibility index (Phi) is 8.22. The molecular weight excluding hydrogens is 352 g/mol. The molecule has 0 aliphatic heterocycles. The van der Waals surface area contributed by atoms with Gasteiger partial charge in [-0.05, 0) is 59.6 Å². The van der Waals surface area contributed by atoms with Gasteiger partial charge in [-0.25, -0.2) is 0 Å². The van der Waals surface area contributed by atoms with Gasteiger partial charge in [-0.3, -0.25) is 4.79 Å². The summed E-state index contributed by atoms with van der Waals surface area (Å²) in [4.78, 5) is 12.0. The van der Waals surface area contributed by atoms with Crippen LogP contribution in [-0.2, 0) is 11.3 Å². The maximum absolute atomic E-state index is 12.0. The van der Waals surface area contributed by atoms with Crippen molar-refractivity contribution in [1.29, 1.82) is 0 Å². The lowest BCUT2D eigenvalue weighted by Crippen LogP contribution is -2.43. The SMILES string of the molecule is CCOc1cc(CNC(C)(C)CC)c(Cl)cc1OCC(=O)NC(C)(C)C. The van der Waals surface area contributed by atoms with Gasteiger partial charge in [0.1, 0.15) is 0 Å². The van der Waals surface area contributed by atoms with Crippen LogP contribution in [0.2, 0.25) is 5.02 Å². The first-order valence-electron chi connectivity index (χ1n) is 9.11. The second kappa shape index (κ2) is 9.47. The second-order valence-electron chi connectivity index (χ2n) is 8.00. The molecule has 0 radical (unpaired) electrons. The van der Waals surface area contributed by atoms with Crippen LogP contribution in [0.4, 0.5) is 0 Å². The van der Waals surface area contributed by atoms with E-state index < -0.39 is 0 Å². The number of amides is 1. The molecule has 0 aromatic heterocycles. The van der Waals surface area contributed by atoms with E-state index in [4.69, 9.17) is 21.1 Å². The molecule has 0 bridgehead atoms. The Morgan fingerprint density at radius 1 is 1.08 bits per heavy atom. The molecule has 1 amide bonds. The van der Waals surface area contributed by atoms with E-state index in [0.29, 0.717) is 29.7 Å². The van der Waals surface area contributed by atoms with Crippen molar-refractivity contribution < 1.29 is 14.3 Å². The van der Waals surface area contributed by atoms with Crippen molar-refractivity contribution in [2.24, 2.45) is 0 Å². The van der Waals surface area contributed by atoms with Crippen molar-refractivity contribution in [3.05, 3.63) is 22.7 Å². The Labute approximate surface area is 162 Å². The monoisotopic (exact) mass is 384 g/mol. The van der Waals surface area contributed by atoms with Crippen molar-refractivity contribution in [3.8, 4) is 11.5 Å². The number of nitrogens with one attached hydrogen (secondary N) is 2. The van der Waals surface area contributed by atoms with Gasteiger partial charge in [0.25, 0.3) is 5.91 Å². The number of hydrogen-bond donors (Lipinski definition) is 2. The predicted molar refractivity (Wildman–Crippen MR) is 107 cm³/mol. The lowest BCUT2D eigenvalue weighted by atomic mass is 10.0. The average Bonchev–Trinajstić information content (AvgIpc) is 2.52. The molecule has 2 N–H and O–H groups in total. The summed E-state index contributed by atoms with van der Waals surface area (Å²) in [6, 6.07) is 3.59. The molecule has 0 unspecified atom stereocenters. The zero-order valence-electron chi connectivity index (χ0n) is 17.1. The minimum Gasteiger partial charge on any atom is -0.490 e. The molecule has 0 saturated heterocycles. The van der Waals surface area contributed by atoms with Gasteiger partial charge >= 0.3 is 0 Å². The third-order valence-corrected chi connectivity index (χ3v) is 4.28. The summed E-state index contributed by atoms with van der Waals surface area (Å²) in [6.07, 6.45) is 1.01. The number of hydrogen-bond acceptors (Lipinski definition) is 4. The minimum atomic E-state index is -0.303. The first-order valence-corrected chi connectivity index (χ1v) is 9.49. The van der Waals surface area contributed by atoms with E-state index in [1.165, 1.54) is 0 Å². The van der Waals surface area contributed by atoms with Crippen molar-refractivity contribution in [2.75, 3.05) is 13.2 Å². The number of rotatable bonds is 9. The van der Waals surface area contributed by atoms with Gasteiger partial charge in [0.15, 0.2) is 18.1 Å². The Bertz CT molecular complexity index is 610. The summed E-state index contributed by atoms with van der Waals surface area (Å²) >= 11 is 6.42. The van der Waals surface area contributed by atoms with Crippen LogP contribution in [0, 0.1) is 0 Å². The number of ether oxygens (including phenoxy) is 2. The normalized spacial score (nSPS) is 12.0. The van der Waals surface area contributed by atoms with E-state index >= 15 is 0 Å². The van der Waals surface area contributed by atoms with Gasteiger partial charge in [0.05, 0.1) is 6.61 Å². The molecule has 0 heterocycles. The topological polar surface area (TPSA) is 59.6 Å². The van der Waals surface area contributed by atoms with E-state index in [-0.39, 0.29) is 23.6 Å². The van der Waals surface area contributed by atoms with Crippen LogP contribution in [-0.4, -0.2) is 30.2 Å². The highest BCUT2D eigenvalue weighted by molar-refractivity contribution is 6.31. The van der Waals surface area contributed by atoms with Gasteiger partial charge in [-0.2, -0.15) is 0 Å². The fourth-order valence-corrected chi connectivity index (χ4v) is 2.37. The lowest BCUT2D eigenvalue weighted by Gasteiger charge is -2.25. The number of carbonyl (C=O) groups excluding carboxylic acids is 1. The molecule has 0 aliphatic carbocycles. The molecule has 6 heteroatoms. The third-order valence-electron chi connectivity index (χ3n) is 3.93. The van der Waals surface area contributed by atoms with Crippen LogP contribution in [0.3, 0.4) is 0 Å². The summed E-state index contributed by atoms with van der Waals surface area (Å²) < 4.78 is 11.3. The maximum Gasteiger partial charge on any atom is 0.258 e. The highest BCUT2D eigenvalue weighted by Gasteiger charge is 2.18. The minimum absolute atomic E-state index is 0.0231. The molecule has 1 aromatic rings. The predicted octanol–water partition coefficient (Wildman–Crippen LogP) is 4.31. The van der Waals surface area contributed by atoms with Gasteiger partial charge in [0, 0.05) is 28.7 Å². The molecule has 5 nitrogen and oxygen atoms in total. The summed E-state index contributed by atoms with van der Waals surface area (Å²) in [7, 11) is 0. The molecule has 26 heavy (non-hydrogen) atoms. The summed E-state index contributed by atoms with van der Waals surface area (Å²) in [5.41, 5.74) is 0.653. The van der Waals surface area contributed by atoms with Crippen LogP contribution in [0.25, 0.3) is 0 Å². The highest BCUT2D eigenvalue weighted by atomic mass is 35.5. The summed E-state index contributed by atoms with van der Waals surface area (Å²) in [6.45, 7) is 15.2. The smallest absolute Gasteiger partial charge is 0.258 e. The molecule has 148 valence electrons. The largest absolute Gasteiger partial charge is 0.490 e. The van der Waals surface area contributed by atoms with Crippen LogP contribution >= 0.6 is 11.6 Å². The fraction of sp³-hybridized carbons (Fsp3) is 0.650. The zero-order chi connectivity index (χ0) is 20.0. The second-order valence-corrected chi connectivity index (χ2v) is 8.41. The molecule has 0 saturated carbocycles. The molecule has 0 spiro atoms. The molecular formula is C20H33ClN2O3. The molecule has 0 aliphatic rings. The van der Waals surface area contributed by atoms with Crippen molar-refractivity contribution >= 4 is 17.5 Å². The zero-order valence-corrected chi connectivity index (χ0v) is 17.8. The van der Waals surface area contributed by atoms with Crippen LogP contribution in [0.15, 0.2) is 12.1 Å². The summed E-state index contributed by atoms with van der Waals surface area (Å²) in [5.74, 6) is 0.873. The van der Waals surface area contributed by atoms with Crippen molar-refractivity contribution in [1.82, 2.24) is 10.6 Å². The first kappa shape index (κ1) is 22.6. The molecule has 0 atom stereocenters. The van der Waals surface area contributed by atoms with E-state index in [0.717, 1.165) is 12.0 Å². The lowest BCUT2D eigenvalue weighted by molar-refractivity contribution is -0.124. The third kappa shape index (κ3) is 7.83. The van der Waals surface area contributed by atoms with E-state index in [1.54, 1.807) is 6.07 Å². The highest BCUT2D eigenvalue weighted by Crippen LogP contribution is 2.34. The fourth-order valence-electron chi connectivity index (χ4n) is 2.15. The van der Waals surface area contributed by atoms with E-state index in [9.17, 15) is 4.79 Å². The quantitative estimate of drug-likeness (QED) is 0.666.